The van der Waals surface area contributed by atoms with E-state index < -0.39 is 0 Å². The first-order chi connectivity index (χ1) is 12.5. The third-order valence-electron chi connectivity index (χ3n) is 3.34. The van der Waals surface area contributed by atoms with E-state index in [0.717, 1.165) is 15.3 Å². The summed E-state index contributed by atoms with van der Waals surface area (Å²) in [5, 5.41) is 4.39. The fourth-order valence-electron chi connectivity index (χ4n) is 2.14. The number of rotatable bonds is 6. The van der Waals surface area contributed by atoms with Gasteiger partial charge in [0.15, 0.2) is 5.13 Å². The number of carbonyl (C=O) groups excluding carboxylic acids is 1. The number of hydrogen-bond donors (Lipinski definition) is 1. The standard InChI is InChI=1S/C18H13Cl2FN2OS2/c19-12-3-6-16(15(20)8-12)25-10-17(24)23-18-22-9-14(26-18)7-11-1-4-13(21)5-2-11/h1-6,8-9H,7,10H2,(H,22,23,24). The lowest BCUT2D eigenvalue weighted by Gasteiger charge is -2.04. The molecule has 3 nitrogen and oxygen atoms in total. The number of benzene rings is 2. The highest BCUT2D eigenvalue weighted by atomic mass is 35.5. The number of thioether (sulfide) groups is 1. The number of nitrogens with zero attached hydrogens (tertiary/aromatic N) is 1. The van der Waals surface area contributed by atoms with Crippen LogP contribution in [0.1, 0.15) is 10.4 Å². The van der Waals surface area contributed by atoms with Crippen molar-refractivity contribution in [1.82, 2.24) is 4.98 Å². The highest BCUT2D eigenvalue weighted by Crippen LogP contribution is 2.30. The van der Waals surface area contributed by atoms with Gasteiger partial charge in [0.05, 0.1) is 10.8 Å². The summed E-state index contributed by atoms with van der Waals surface area (Å²) in [4.78, 5) is 18.1. The molecule has 134 valence electrons. The van der Waals surface area contributed by atoms with E-state index >= 15 is 0 Å². The first kappa shape index (κ1) is 19.2. The van der Waals surface area contributed by atoms with Crippen LogP contribution in [0, 0.1) is 5.82 Å². The number of anilines is 1. The molecule has 2 aromatic carbocycles. The molecule has 0 bridgehead atoms. The second-order valence-corrected chi connectivity index (χ2v) is 8.32. The lowest BCUT2D eigenvalue weighted by atomic mass is 10.1. The fourth-order valence-corrected chi connectivity index (χ4v) is 4.30. The minimum Gasteiger partial charge on any atom is -0.301 e. The van der Waals surface area contributed by atoms with Crippen LogP contribution >= 0.6 is 46.3 Å². The van der Waals surface area contributed by atoms with Gasteiger partial charge in [0.25, 0.3) is 0 Å². The summed E-state index contributed by atoms with van der Waals surface area (Å²) in [5.74, 6) is -0.207. The van der Waals surface area contributed by atoms with Crippen LogP contribution in [0.15, 0.2) is 53.6 Å². The van der Waals surface area contributed by atoms with Gasteiger partial charge >= 0.3 is 0 Å². The zero-order valence-corrected chi connectivity index (χ0v) is 16.5. The molecular formula is C18H13Cl2FN2OS2. The van der Waals surface area contributed by atoms with Gasteiger partial charge in [-0.2, -0.15) is 0 Å². The van der Waals surface area contributed by atoms with Gasteiger partial charge in [-0.05, 0) is 35.9 Å². The van der Waals surface area contributed by atoms with Crippen molar-refractivity contribution in [2.75, 3.05) is 11.1 Å². The third kappa shape index (κ3) is 5.45. The summed E-state index contributed by atoms with van der Waals surface area (Å²) in [6, 6.07) is 11.5. The van der Waals surface area contributed by atoms with E-state index in [1.165, 1.54) is 35.2 Å². The largest absolute Gasteiger partial charge is 0.301 e. The Bertz CT molecular complexity index is 916. The Morgan fingerprint density at radius 3 is 2.69 bits per heavy atom. The molecule has 1 N–H and O–H groups in total. The van der Waals surface area contributed by atoms with Gasteiger partial charge in [-0.1, -0.05) is 35.3 Å². The number of amides is 1. The second kappa shape index (κ2) is 8.86. The van der Waals surface area contributed by atoms with Crippen molar-refractivity contribution in [3.63, 3.8) is 0 Å². The molecule has 0 fully saturated rings. The normalized spacial score (nSPS) is 10.7. The van der Waals surface area contributed by atoms with E-state index in [4.69, 9.17) is 23.2 Å². The first-order valence-corrected chi connectivity index (χ1v) is 10.1. The molecule has 3 aromatic rings. The zero-order chi connectivity index (χ0) is 18.5. The third-order valence-corrected chi connectivity index (χ3v) is 5.99. The summed E-state index contributed by atoms with van der Waals surface area (Å²) in [7, 11) is 0. The topological polar surface area (TPSA) is 42.0 Å². The van der Waals surface area contributed by atoms with Gasteiger partial charge in [-0.25, -0.2) is 9.37 Å². The molecule has 26 heavy (non-hydrogen) atoms. The van der Waals surface area contributed by atoms with Crippen molar-refractivity contribution >= 4 is 57.3 Å². The lowest BCUT2D eigenvalue weighted by Crippen LogP contribution is -2.13. The quantitative estimate of drug-likeness (QED) is 0.498. The Labute approximate surface area is 168 Å². The number of thiazole rings is 1. The molecule has 1 amide bonds. The van der Waals surface area contributed by atoms with Gasteiger partial charge in [-0.15, -0.1) is 23.1 Å². The summed E-state index contributed by atoms with van der Waals surface area (Å²) >= 11 is 14.7. The van der Waals surface area contributed by atoms with Crippen LogP contribution in [0.25, 0.3) is 0 Å². The fraction of sp³-hybridized carbons (Fsp3) is 0.111. The Balaban J connectivity index is 1.53. The number of nitrogens with one attached hydrogen (secondary N) is 1. The van der Waals surface area contributed by atoms with Crippen molar-refractivity contribution in [2.24, 2.45) is 0 Å². The molecule has 0 aliphatic rings. The number of aromatic nitrogens is 1. The molecule has 0 aliphatic carbocycles. The Morgan fingerprint density at radius 1 is 1.19 bits per heavy atom. The molecule has 3 rings (SSSR count). The van der Waals surface area contributed by atoms with E-state index in [2.05, 4.69) is 10.3 Å². The zero-order valence-electron chi connectivity index (χ0n) is 13.3. The van der Waals surface area contributed by atoms with Crippen LogP contribution in [0.4, 0.5) is 9.52 Å². The Hall–Kier alpha value is -1.60. The van der Waals surface area contributed by atoms with E-state index in [1.54, 1.807) is 36.5 Å². The van der Waals surface area contributed by atoms with Crippen molar-refractivity contribution < 1.29 is 9.18 Å². The smallest absolute Gasteiger partial charge is 0.236 e. The first-order valence-electron chi connectivity index (χ1n) is 7.56. The highest BCUT2D eigenvalue weighted by molar-refractivity contribution is 8.00. The van der Waals surface area contributed by atoms with Crippen LogP contribution in [0.3, 0.4) is 0 Å². The van der Waals surface area contributed by atoms with Gasteiger partial charge in [0, 0.05) is 27.4 Å². The molecule has 0 saturated heterocycles. The van der Waals surface area contributed by atoms with Crippen molar-refractivity contribution in [1.29, 1.82) is 0 Å². The molecule has 0 atom stereocenters. The van der Waals surface area contributed by atoms with Gasteiger partial charge < -0.3 is 5.32 Å². The Kier molecular flexibility index (Phi) is 6.53. The van der Waals surface area contributed by atoms with Gasteiger partial charge in [-0.3, -0.25) is 4.79 Å². The maximum Gasteiger partial charge on any atom is 0.236 e. The monoisotopic (exact) mass is 426 g/mol. The second-order valence-electron chi connectivity index (χ2n) is 5.35. The Morgan fingerprint density at radius 2 is 1.96 bits per heavy atom. The van der Waals surface area contributed by atoms with E-state index in [0.29, 0.717) is 21.6 Å². The van der Waals surface area contributed by atoms with Crippen molar-refractivity contribution in [3.05, 3.63) is 75.0 Å². The summed E-state index contributed by atoms with van der Waals surface area (Å²) in [5.41, 5.74) is 0.987. The van der Waals surface area contributed by atoms with Gasteiger partial charge in [0.2, 0.25) is 5.91 Å². The maximum atomic E-state index is 12.9. The van der Waals surface area contributed by atoms with Crippen LogP contribution in [-0.4, -0.2) is 16.6 Å². The molecule has 0 aliphatic heterocycles. The average molecular weight is 427 g/mol. The predicted octanol–water partition coefficient (Wildman–Crippen LogP) is 5.91. The van der Waals surface area contributed by atoms with Crippen LogP contribution in [0.5, 0.6) is 0 Å². The van der Waals surface area contributed by atoms with Crippen LogP contribution in [-0.2, 0) is 11.2 Å². The molecule has 8 heteroatoms. The molecule has 0 saturated carbocycles. The van der Waals surface area contributed by atoms with Crippen LogP contribution < -0.4 is 5.32 Å². The van der Waals surface area contributed by atoms with Gasteiger partial charge in [0.1, 0.15) is 5.82 Å². The van der Waals surface area contributed by atoms with E-state index in [-0.39, 0.29) is 17.5 Å². The van der Waals surface area contributed by atoms with Crippen molar-refractivity contribution in [2.45, 2.75) is 11.3 Å². The summed E-state index contributed by atoms with van der Waals surface area (Å²) < 4.78 is 12.9. The van der Waals surface area contributed by atoms with Crippen LogP contribution in [0.2, 0.25) is 10.0 Å². The molecule has 0 unspecified atom stereocenters. The predicted molar refractivity (Wildman–Crippen MR) is 107 cm³/mol. The molecule has 1 aromatic heterocycles. The molecule has 1 heterocycles. The summed E-state index contributed by atoms with van der Waals surface area (Å²) in [6.07, 6.45) is 2.36. The minimum absolute atomic E-state index is 0.163. The lowest BCUT2D eigenvalue weighted by molar-refractivity contribution is -0.113. The maximum absolute atomic E-state index is 12.9. The average Bonchev–Trinajstić information content (AvgIpc) is 3.03. The van der Waals surface area contributed by atoms with E-state index in [1.807, 2.05) is 0 Å². The molecular weight excluding hydrogens is 414 g/mol. The summed E-state index contributed by atoms with van der Waals surface area (Å²) in [6.45, 7) is 0. The van der Waals surface area contributed by atoms with Crippen molar-refractivity contribution in [3.8, 4) is 0 Å². The number of carbonyl (C=O) groups is 1. The number of hydrogen-bond acceptors (Lipinski definition) is 4. The molecule has 0 spiro atoms. The highest BCUT2D eigenvalue weighted by Gasteiger charge is 2.10. The molecule has 0 radical (unpaired) electrons. The number of halogens is 3. The SMILES string of the molecule is O=C(CSc1ccc(Cl)cc1Cl)Nc1ncc(Cc2ccc(F)cc2)s1. The van der Waals surface area contributed by atoms with E-state index in [9.17, 15) is 9.18 Å². The minimum atomic E-state index is -0.260.